The Labute approximate surface area is 114 Å². The summed E-state index contributed by atoms with van der Waals surface area (Å²) in [6, 6.07) is 7.83. The molecule has 2 rings (SSSR count). The monoisotopic (exact) mass is 279 g/mol. The zero-order chi connectivity index (χ0) is 14.0. The minimum atomic E-state index is -1.14. The van der Waals surface area contributed by atoms with Gasteiger partial charge >= 0.3 is 5.97 Å². The number of para-hydroxylation sites is 1. The Bertz CT molecular complexity index is 609. The molecule has 1 aromatic heterocycles. The second-order valence-corrected chi connectivity index (χ2v) is 5.60. The van der Waals surface area contributed by atoms with Gasteiger partial charge < -0.3 is 10.4 Å². The molecule has 0 radical (unpaired) electrons. The molecule has 3 nitrogen and oxygen atoms in total. The van der Waals surface area contributed by atoms with E-state index in [0.29, 0.717) is 0 Å². The van der Waals surface area contributed by atoms with Crippen LogP contribution < -0.4 is 5.32 Å². The van der Waals surface area contributed by atoms with Gasteiger partial charge in [-0.3, -0.25) is 0 Å². The highest BCUT2D eigenvalue weighted by Gasteiger charge is 2.17. The lowest BCUT2D eigenvalue weighted by Crippen LogP contribution is -2.11. The molecule has 1 aromatic carbocycles. The molecule has 100 valence electrons. The molecule has 0 spiro atoms. The number of hydrogen-bond donors (Lipinski definition) is 2. The van der Waals surface area contributed by atoms with Crippen molar-refractivity contribution in [3.8, 4) is 0 Å². The number of carboxylic acid groups (broad SMARTS) is 1. The maximum atomic E-state index is 13.8. The molecule has 0 amide bonds. The van der Waals surface area contributed by atoms with Crippen LogP contribution in [-0.2, 0) is 0 Å². The number of carbonyl (C=O) groups is 1. The topological polar surface area (TPSA) is 49.3 Å². The van der Waals surface area contributed by atoms with E-state index in [1.807, 2.05) is 26.0 Å². The Morgan fingerprint density at radius 3 is 2.68 bits per heavy atom. The molecular formula is C14H14FNO2S. The third kappa shape index (κ3) is 2.93. The molecule has 0 fully saturated rings. The molecule has 0 aliphatic carbocycles. The van der Waals surface area contributed by atoms with Crippen LogP contribution in [0.25, 0.3) is 0 Å². The second kappa shape index (κ2) is 5.40. The maximum absolute atomic E-state index is 13.8. The van der Waals surface area contributed by atoms with Crippen molar-refractivity contribution in [3.05, 3.63) is 51.5 Å². The van der Waals surface area contributed by atoms with Crippen molar-refractivity contribution in [3.63, 3.8) is 0 Å². The predicted molar refractivity (Wildman–Crippen MR) is 74.5 cm³/mol. The Kier molecular flexibility index (Phi) is 3.85. The van der Waals surface area contributed by atoms with E-state index in [1.54, 1.807) is 11.3 Å². The van der Waals surface area contributed by atoms with E-state index in [2.05, 4.69) is 5.32 Å². The number of nitrogens with one attached hydrogen (secondary N) is 1. The summed E-state index contributed by atoms with van der Waals surface area (Å²) >= 11 is 1.60. The molecule has 0 aliphatic rings. The van der Waals surface area contributed by atoms with E-state index in [1.165, 1.54) is 18.2 Å². The predicted octanol–water partition coefficient (Wildman–Crippen LogP) is 4.07. The average Bonchev–Trinajstić information content (AvgIpc) is 2.78. The summed E-state index contributed by atoms with van der Waals surface area (Å²) in [7, 11) is 0. The number of benzene rings is 1. The maximum Gasteiger partial charge on any atom is 0.337 e. The van der Waals surface area contributed by atoms with E-state index >= 15 is 0 Å². The third-order valence-electron chi connectivity index (χ3n) is 2.79. The lowest BCUT2D eigenvalue weighted by molar-refractivity contribution is 0.0697. The number of carboxylic acids is 1. The van der Waals surface area contributed by atoms with Crippen LogP contribution in [-0.4, -0.2) is 11.1 Å². The first-order valence-corrected chi connectivity index (χ1v) is 6.65. The highest BCUT2D eigenvalue weighted by molar-refractivity contribution is 7.12. The number of anilines is 1. The first kappa shape index (κ1) is 13.5. The minimum Gasteiger partial charge on any atom is -0.478 e. The van der Waals surface area contributed by atoms with Crippen molar-refractivity contribution < 1.29 is 14.3 Å². The smallest absolute Gasteiger partial charge is 0.337 e. The summed E-state index contributed by atoms with van der Waals surface area (Å²) in [5.41, 5.74) is -0.0197. The van der Waals surface area contributed by atoms with E-state index in [9.17, 15) is 9.18 Å². The highest BCUT2D eigenvalue weighted by atomic mass is 32.1. The molecule has 0 bridgehead atoms. The fourth-order valence-corrected chi connectivity index (χ4v) is 2.70. The van der Waals surface area contributed by atoms with Crippen LogP contribution in [0, 0.1) is 12.7 Å². The number of aromatic carboxylic acids is 1. The molecule has 0 saturated carbocycles. The summed E-state index contributed by atoms with van der Waals surface area (Å²) in [6.07, 6.45) is 0. The van der Waals surface area contributed by atoms with Gasteiger partial charge in [-0.25, -0.2) is 9.18 Å². The summed E-state index contributed by atoms with van der Waals surface area (Å²) in [5, 5.41) is 12.0. The van der Waals surface area contributed by atoms with Crippen molar-refractivity contribution in [1.82, 2.24) is 0 Å². The van der Waals surface area contributed by atoms with Crippen LogP contribution in [0.2, 0.25) is 0 Å². The Morgan fingerprint density at radius 1 is 1.37 bits per heavy atom. The van der Waals surface area contributed by atoms with Crippen molar-refractivity contribution in [2.24, 2.45) is 0 Å². The normalized spacial score (nSPS) is 12.2. The quantitative estimate of drug-likeness (QED) is 0.887. The number of rotatable bonds is 4. The summed E-state index contributed by atoms with van der Waals surface area (Å²) < 4.78 is 13.8. The largest absolute Gasteiger partial charge is 0.478 e. The zero-order valence-corrected chi connectivity index (χ0v) is 11.4. The van der Waals surface area contributed by atoms with Gasteiger partial charge in [-0.2, -0.15) is 0 Å². The fourth-order valence-electron chi connectivity index (χ4n) is 1.82. The van der Waals surface area contributed by atoms with Crippen molar-refractivity contribution in [1.29, 1.82) is 0 Å². The standard InChI is InChI=1S/C14H14FNO2S/c1-8-6-7-12(19-8)9(2)16-13-10(14(17)18)4-3-5-11(13)15/h3-7,9,16H,1-2H3,(H,17,18). The van der Waals surface area contributed by atoms with Crippen LogP contribution in [0.3, 0.4) is 0 Å². The Hall–Kier alpha value is -1.88. The van der Waals surface area contributed by atoms with Gasteiger partial charge in [0.05, 0.1) is 17.3 Å². The number of halogens is 1. The molecule has 1 unspecified atom stereocenters. The molecule has 0 aliphatic heterocycles. The van der Waals surface area contributed by atoms with Gasteiger partial charge in [0, 0.05) is 9.75 Å². The molecule has 2 aromatic rings. The number of aryl methyl sites for hydroxylation is 1. The van der Waals surface area contributed by atoms with Crippen LogP contribution >= 0.6 is 11.3 Å². The fraction of sp³-hybridized carbons (Fsp3) is 0.214. The van der Waals surface area contributed by atoms with Crippen LogP contribution in [0.4, 0.5) is 10.1 Å². The second-order valence-electron chi connectivity index (χ2n) is 4.28. The van der Waals surface area contributed by atoms with E-state index in [4.69, 9.17) is 5.11 Å². The van der Waals surface area contributed by atoms with E-state index < -0.39 is 11.8 Å². The zero-order valence-electron chi connectivity index (χ0n) is 10.6. The lowest BCUT2D eigenvalue weighted by atomic mass is 10.1. The van der Waals surface area contributed by atoms with Gasteiger partial charge in [0.25, 0.3) is 0 Å². The van der Waals surface area contributed by atoms with Gasteiger partial charge in [-0.05, 0) is 38.1 Å². The van der Waals surface area contributed by atoms with Gasteiger partial charge in [-0.15, -0.1) is 11.3 Å². The van der Waals surface area contributed by atoms with Crippen LogP contribution in [0.5, 0.6) is 0 Å². The van der Waals surface area contributed by atoms with Crippen molar-refractivity contribution in [2.75, 3.05) is 5.32 Å². The van der Waals surface area contributed by atoms with Gasteiger partial charge in [0.15, 0.2) is 0 Å². The molecule has 1 atom stereocenters. The van der Waals surface area contributed by atoms with Gasteiger partial charge in [-0.1, -0.05) is 6.07 Å². The molecular weight excluding hydrogens is 265 g/mol. The SMILES string of the molecule is Cc1ccc(C(C)Nc2c(F)cccc2C(=O)O)s1. The van der Waals surface area contributed by atoms with Gasteiger partial charge in [0.2, 0.25) is 0 Å². The van der Waals surface area contributed by atoms with E-state index in [-0.39, 0.29) is 17.3 Å². The molecule has 0 saturated heterocycles. The van der Waals surface area contributed by atoms with E-state index in [0.717, 1.165) is 9.75 Å². The summed E-state index contributed by atoms with van der Waals surface area (Å²) in [6.45, 7) is 3.87. The van der Waals surface area contributed by atoms with Gasteiger partial charge in [0.1, 0.15) is 5.82 Å². The van der Waals surface area contributed by atoms with Crippen molar-refractivity contribution >= 4 is 23.0 Å². The average molecular weight is 279 g/mol. The summed E-state index contributed by atoms with van der Waals surface area (Å²) in [4.78, 5) is 13.3. The minimum absolute atomic E-state index is 0.0357. The Morgan fingerprint density at radius 2 is 2.11 bits per heavy atom. The molecule has 19 heavy (non-hydrogen) atoms. The van der Waals surface area contributed by atoms with Crippen LogP contribution in [0.1, 0.15) is 33.1 Å². The summed E-state index contributed by atoms with van der Waals surface area (Å²) in [5.74, 6) is -1.70. The molecule has 1 heterocycles. The molecule has 2 N–H and O–H groups in total. The molecule has 5 heteroatoms. The van der Waals surface area contributed by atoms with Crippen LogP contribution in [0.15, 0.2) is 30.3 Å². The highest BCUT2D eigenvalue weighted by Crippen LogP contribution is 2.28. The number of hydrogen-bond acceptors (Lipinski definition) is 3. The first-order valence-electron chi connectivity index (χ1n) is 5.83. The number of thiophene rings is 1. The first-order chi connectivity index (χ1) is 8.99. The Balaban J connectivity index is 2.30. The lowest BCUT2D eigenvalue weighted by Gasteiger charge is -2.16. The van der Waals surface area contributed by atoms with Crippen molar-refractivity contribution in [2.45, 2.75) is 19.9 Å². The third-order valence-corrected chi connectivity index (χ3v) is 3.98.